The van der Waals surface area contributed by atoms with Gasteiger partial charge < -0.3 is 10.5 Å². The fourth-order valence-corrected chi connectivity index (χ4v) is 1.96. The van der Waals surface area contributed by atoms with Gasteiger partial charge in [-0.15, -0.1) is 0 Å². The molecule has 0 amide bonds. The summed E-state index contributed by atoms with van der Waals surface area (Å²) in [5, 5.41) is 0. The van der Waals surface area contributed by atoms with Gasteiger partial charge in [-0.1, -0.05) is 18.7 Å². The molecule has 2 atom stereocenters. The van der Waals surface area contributed by atoms with Crippen molar-refractivity contribution in [2.45, 2.75) is 31.9 Å². The lowest BCUT2D eigenvalue weighted by Gasteiger charge is -2.12. The smallest absolute Gasteiger partial charge is 0.120 e. The lowest BCUT2D eigenvalue weighted by molar-refractivity contribution is 0.270. The second-order valence-electron chi connectivity index (χ2n) is 4.06. The van der Waals surface area contributed by atoms with Crippen molar-refractivity contribution in [2.75, 3.05) is 0 Å². The minimum atomic E-state index is 0.0538. The van der Waals surface area contributed by atoms with E-state index < -0.39 is 0 Å². The van der Waals surface area contributed by atoms with E-state index in [0.717, 1.165) is 18.6 Å². The lowest BCUT2D eigenvalue weighted by atomic mass is 10.1. The van der Waals surface area contributed by atoms with Gasteiger partial charge in [-0.25, -0.2) is 0 Å². The molecule has 2 heteroatoms. The molecule has 0 aromatic heterocycles. The molecule has 0 radical (unpaired) electrons. The van der Waals surface area contributed by atoms with Crippen LogP contribution in [0.5, 0.6) is 5.75 Å². The molecule has 0 spiro atoms. The Kier molecular flexibility index (Phi) is 2.78. The van der Waals surface area contributed by atoms with Gasteiger partial charge in [0.25, 0.3) is 0 Å². The van der Waals surface area contributed by atoms with Crippen molar-refractivity contribution in [1.82, 2.24) is 0 Å². The summed E-state index contributed by atoms with van der Waals surface area (Å²) in [5.74, 6) is 0.912. The highest BCUT2D eigenvalue weighted by molar-refractivity contribution is 5.40. The zero-order valence-electron chi connectivity index (χ0n) is 9.07. The van der Waals surface area contributed by atoms with E-state index in [1.165, 1.54) is 11.1 Å². The molecule has 2 N–H and O–H groups in total. The van der Waals surface area contributed by atoms with Crippen LogP contribution in [0.15, 0.2) is 30.9 Å². The Morgan fingerprint density at radius 1 is 1.60 bits per heavy atom. The highest BCUT2D eigenvalue weighted by Crippen LogP contribution is 2.32. The van der Waals surface area contributed by atoms with Crippen molar-refractivity contribution in [1.29, 1.82) is 0 Å². The maximum Gasteiger partial charge on any atom is 0.120 e. The summed E-state index contributed by atoms with van der Waals surface area (Å²) in [7, 11) is 0. The van der Waals surface area contributed by atoms with Crippen molar-refractivity contribution >= 4 is 0 Å². The molecule has 1 aliphatic carbocycles. The van der Waals surface area contributed by atoms with Crippen molar-refractivity contribution < 1.29 is 4.74 Å². The lowest BCUT2D eigenvalue weighted by Crippen LogP contribution is -2.08. The second kappa shape index (κ2) is 4.07. The van der Waals surface area contributed by atoms with Crippen LogP contribution >= 0.6 is 0 Å². The van der Waals surface area contributed by atoms with Gasteiger partial charge in [-0.3, -0.25) is 0 Å². The third kappa shape index (κ3) is 2.05. The third-order valence-corrected chi connectivity index (χ3v) is 2.89. The van der Waals surface area contributed by atoms with E-state index in [1.54, 1.807) is 6.08 Å². The molecule has 1 aliphatic rings. The Labute approximate surface area is 90.7 Å². The summed E-state index contributed by atoms with van der Waals surface area (Å²) < 4.78 is 5.67. The van der Waals surface area contributed by atoms with E-state index in [1.807, 2.05) is 13.0 Å². The van der Waals surface area contributed by atoms with E-state index in [9.17, 15) is 0 Å². The van der Waals surface area contributed by atoms with E-state index in [2.05, 4.69) is 18.7 Å². The molecule has 0 heterocycles. The van der Waals surface area contributed by atoms with E-state index in [4.69, 9.17) is 10.5 Å². The standard InChI is InChI=1S/C13H17NO/c1-3-9(2)15-11-5-6-12-10(8-11)4-7-13(12)14/h3,5-6,8-9,13H,1,4,7,14H2,2H3. The monoisotopic (exact) mass is 203 g/mol. The van der Waals surface area contributed by atoms with E-state index in [-0.39, 0.29) is 12.1 Å². The first-order valence-corrected chi connectivity index (χ1v) is 5.38. The maximum atomic E-state index is 5.97. The van der Waals surface area contributed by atoms with E-state index in [0.29, 0.717) is 0 Å². The zero-order chi connectivity index (χ0) is 10.8. The summed E-state index contributed by atoms with van der Waals surface area (Å²) in [6.07, 6.45) is 3.96. The zero-order valence-corrected chi connectivity index (χ0v) is 9.07. The van der Waals surface area contributed by atoms with Crippen LogP contribution in [-0.4, -0.2) is 6.10 Å². The fourth-order valence-electron chi connectivity index (χ4n) is 1.96. The van der Waals surface area contributed by atoms with Gasteiger partial charge in [-0.2, -0.15) is 0 Å². The Morgan fingerprint density at radius 3 is 3.13 bits per heavy atom. The Hall–Kier alpha value is -1.28. The number of benzene rings is 1. The normalized spacial score (nSPS) is 20.8. The van der Waals surface area contributed by atoms with Gasteiger partial charge in [0.2, 0.25) is 0 Å². The van der Waals surface area contributed by atoms with Crippen molar-refractivity contribution in [2.24, 2.45) is 5.73 Å². The summed E-state index contributed by atoms with van der Waals surface area (Å²) >= 11 is 0. The molecule has 2 rings (SSSR count). The average molecular weight is 203 g/mol. The summed E-state index contributed by atoms with van der Waals surface area (Å²) in [4.78, 5) is 0. The van der Waals surface area contributed by atoms with Crippen molar-refractivity contribution in [3.05, 3.63) is 42.0 Å². The van der Waals surface area contributed by atoms with Crippen LogP contribution in [0.25, 0.3) is 0 Å². The molecule has 2 unspecified atom stereocenters. The summed E-state index contributed by atoms with van der Waals surface area (Å²) in [6, 6.07) is 6.38. The minimum Gasteiger partial charge on any atom is -0.487 e. The maximum absolute atomic E-state index is 5.97. The van der Waals surface area contributed by atoms with Gasteiger partial charge in [0.1, 0.15) is 11.9 Å². The van der Waals surface area contributed by atoms with Gasteiger partial charge in [0, 0.05) is 6.04 Å². The van der Waals surface area contributed by atoms with Gasteiger partial charge >= 0.3 is 0 Å². The molecule has 0 saturated carbocycles. The minimum absolute atomic E-state index is 0.0538. The highest BCUT2D eigenvalue weighted by atomic mass is 16.5. The van der Waals surface area contributed by atoms with Crippen molar-refractivity contribution in [3.8, 4) is 5.75 Å². The summed E-state index contributed by atoms with van der Waals surface area (Å²) in [5.41, 5.74) is 8.57. The first-order valence-electron chi connectivity index (χ1n) is 5.38. The van der Waals surface area contributed by atoms with Gasteiger partial charge in [-0.05, 0) is 43.0 Å². The molecule has 0 fully saturated rings. The van der Waals surface area contributed by atoms with E-state index >= 15 is 0 Å². The second-order valence-corrected chi connectivity index (χ2v) is 4.06. The number of hydrogen-bond donors (Lipinski definition) is 1. The fraction of sp³-hybridized carbons (Fsp3) is 0.385. The average Bonchev–Trinajstić information content (AvgIpc) is 2.60. The third-order valence-electron chi connectivity index (χ3n) is 2.89. The molecule has 15 heavy (non-hydrogen) atoms. The summed E-state index contributed by atoms with van der Waals surface area (Å²) in [6.45, 7) is 5.67. The SMILES string of the molecule is C=CC(C)Oc1ccc2c(c1)CCC2N. The van der Waals surface area contributed by atoms with Gasteiger partial charge in [0.05, 0.1) is 0 Å². The van der Waals surface area contributed by atoms with Crippen LogP contribution in [0, 0.1) is 0 Å². The van der Waals surface area contributed by atoms with Crippen LogP contribution in [0.2, 0.25) is 0 Å². The van der Waals surface area contributed by atoms with Crippen molar-refractivity contribution in [3.63, 3.8) is 0 Å². The topological polar surface area (TPSA) is 35.2 Å². The number of fused-ring (bicyclic) bond motifs is 1. The molecule has 0 aliphatic heterocycles. The number of aryl methyl sites for hydroxylation is 1. The number of rotatable bonds is 3. The predicted molar refractivity (Wildman–Crippen MR) is 62.0 cm³/mol. The molecular formula is C13H17NO. The van der Waals surface area contributed by atoms with Crippen LogP contribution in [0.4, 0.5) is 0 Å². The highest BCUT2D eigenvalue weighted by Gasteiger charge is 2.19. The van der Waals surface area contributed by atoms with Gasteiger partial charge in [0.15, 0.2) is 0 Å². The molecule has 1 aromatic carbocycles. The van der Waals surface area contributed by atoms with Crippen LogP contribution in [0.1, 0.15) is 30.5 Å². The predicted octanol–water partition coefficient (Wildman–Crippen LogP) is 2.59. The van der Waals surface area contributed by atoms with Crippen LogP contribution in [-0.2, 0) is 6.42 Å². The molecule has 80 valence electrons. The Morgan fingerprint density at radius 2 is 2.40 bits per heavy atom. The van der Waals surface area contributed by atoms with Crippen LogP contribution in [0.3, 0.4) is 0 Å². The largest absolute Gasteiger partial charge is 0.487 e. The first-order chi connectivity index (χ1) is 7.20. The van der Waals surface area contributed by atoms with Crippen LogP contribution < -0.4 is 10.5 Å². The number of hydrogen-bond acceptors (Lipinski definition) is 2. The molecule has 0 saturated heterocycles. The number of nitrogens with two attached hydrogens (primary N) is 1. The molecule has 1 aromatic rings. The quantitative estimate of drug-likeness (QED) is 0.766. The Bertz CT molecular complexity index is 373. The molecule has 2 nitrogen and oxygen atoms in total. The molecular weight excluding hydrogens is 186 g/mol. The Balaban J connectivity index is 2.19. The number of ether oxygens (including phenoxy) is 1. The molecule has 0 bridgehead atoms. The first kappa shape index (κ1) is 10.2.